The number of nitrogens with zero attached hydrogens (tertiary/aromatic N) is 2. The summed E-state index contributed by atoms with van der Waals surface area (Å²) in [6.45, 7) is 2.33. The molecule has 70 valence electrons. The van der Waals surface area contributed by atoms with E-state index in [0.717, 1.165) is 24.7 Å². The number of halogens is 1. The van der Waals surface area contributed by atoms with Gasteiger partial charge in [0.2, 0.25) is 0 Å². The molecular weight excluding hydrogens is 279 g/mol. The number of hydrogen-bond acceptors (Lipinski definition) is 3. The van der Waals surface area contributed by atoms with Crippen LogP contribution < -0.4 is 0 Å². The van der Waals surface area contributed by atoms with Crippen LogP contribution in [0, 0.1) is 5.92 Å². The van der Waals surface area contributed by atoms with E-state index in [2.05, 4.69) is 37.0 Å². The van der Waals surface area contributed by atoms with Gasteiger partial charge in [0.1, 0.15) is 0 Å². The zero-order valence-corrected chi connectivity index (χ0v) is 9.40. The molecule has 0 saturated carbocycles. The molecule has 1 aliphatic carbocycles. The first-order chi connectivity index (χ1) is 6.33. The number of piperidine rings is 1. The quantitative estimate of drug-likeness (QED) is 0.543. The van der Waals surface area contributed by atoms with Crippen molar-refractivity contribution in [2.75, 3.05) is 13.1 Å². The highest BCUT2D eigenvalue weighted by Crippen LogP contribution is 2.35. The first kappa shape index (κ1) is 8.23. The van der Waals surface area contributed by atoms with Crippen molar-refractivity contribution in [1.82, 2.24) is 3.11 Å². The summed E-state index contributed by atoms with van der Waals surface area (Å²) in [7, 11) is 0. The van der Waals surface area contributed by atoms with E-state index >= 15 is 0 Å². The number of rotatable bonds is 1. The van der Waals surface area contributed by atoms with Crippen LogP contribution >= 0.6 is 22.9 Å². The van der Waals surface area contributed by atoms with Crippen LogP contribution in [0.15, 0.2) is 16.8 Å². The molecule has 0 aromatic rings. The minimum absolute atomic E-state index is 0.271. The second-order valence-corrected chi connectivity index (χ2v) is 5.13. The average molecular weight is 290 g/mol. The summed E-state index contributed by atoms with van der Waals surface area (Å²) in [6.07, 6.45) is 4.73. The van der Waals surface area contributed by atoms with Crippen LogP contribution in [0.2, 0.25) is 0 Å². The standard InChI is InChI=1S/C9H11IN2O/c10-12-3-1-6(2-4-12)9-11-7-5-8(7)13-9/h5-6,8H,1-4H2. The lowest BCUT2D eigenvalue weighted by atomic mass is 9.98. The lowest BCUT2D eigenvalue weighted by Gasteiger charge is -2.26. The second-order valence-electron chi connectivity index (χ2n) is 3.76. The van der Waals surface area contributed by atoms with E-state index in [4.69, 9.17) is 4.74 Å². The first-order valence-electron chi connectivity index (χ1n) is 4.70. The lowest BCUT2D eigenvalue weighted by Crippen LogP contribution is -2.30. The average Bonchev–Trinajstić information content (AvgIpc) is 2.75. The summed E-state index contributed by atoms with van der Waals surface area (Å²) < 4.78 is 7.98. The molecule has 0 spiro atoms. The molecule has 3 aliphatic rings. The zero-order chi connectivity index (χ0) is 8.84. The van der Waals surface area contributed by atoms with Gasteiger partial charge in [0, 0.05) is 41.9 Å². The Morgan fingerprint density at radius 2 is 2.23 bits per heavy atom. The Labute approximate surface area is 91.3 Å². The van der Waals surface area contributed by atoms with Gasteiger partial charge in [-0.3, -0.25) is 0 Å². The van der Waals surface area contributed by atoms with Gasteiger partial charge in [0.15, 0.2) is 12.0 Å². The third-order valence-corrected chi connectivity index (χ3v) is 3.75. The van der Waals surface area contributed by atoms with Crippen LogP contribution in [0.1, 0.15) is 12.8 Å². The molecule has 0 radical (unpaired) electrons. The molecule has 0 aromatic heterocycles. The van der Waals surface area contributed by atoms with E-state index in [-0.39, 0.29) is 6.10 Å². The third kappa shape index (κ3) is 1.50. The number of fused-ring (bicyclic) bond motifs is 1. The minimum Gasteiger partial charge on any atom is -0.466 e. The van der Waals surface area contributed by atoms with Crippen molar-refractivity contribution in [3.8, 4) is 0 Å². The highest BCUT2D eigenvalue weighted by molar-refractivity contribution is 14.1. The summed E-state index contributed by atoms with van der Waals surface area (Å²) in [5, 5.41) is 0. The van der Waals surface area contributed by atoms with E-state index in [1.165, 1.54) is 12.8 Å². The van der Waals surface area contributed by atoms with Crippen LogP contribution in [-0.2, 0) is 4.74 Å². The molecule has 4 heteroatoms. The number of hydrogen-bond donors (Lipinski definition) is 0. The maximum Gasteiger partial charge on any atom is 0.192 e. The Bertz CT molecular complexity index is 292. The van der Waals surface area contributed by atoms with Gasteiger partial charge in [-0.05, 0) is 18.9 Å². The highest BCUT2D eigenvalue weighted by atomic mass is 127. The van der Waals surface area contributed by atoms with Crippen molar-refractivity contribution >= 4 is 28.8 Å². The monoisotopic (exact) mass is 290 g/mol. The smallest absolute Gasteiger partial charge is 0.192 e. The number of aliphatic imine (C=N–C) groups is 1. The zero-order valence-electron chi connectivity index (χ0n) is 7.24. The minimum atomic E-state index is 0.271. The molecule has 3 rings (SSSR count). The van der Waals surface area contributed by atoms with Crippen LogP contribution in [0.3, 0.4) is 0 Å². The van der Waals surface area contributed by atoms with Gasteiger partial charge in [-0.1, -0.05) is 0 Å². The summed E-state index contributed by atoms with van der Waals surface area (Å²) in [5.74, 6) is 1.59. The fraction of sp³-hybridized carbons (Fsp3) is 0.667. The summed E-state index contributed by atoms with van der Waals surface area (Å²) >= 11 is 2.38. The predicted molar refractivity (Wildman–Crippen MR) is 58.7 cm³/mol. The third-order valence-electron chi connectivity index (χ3n) is 2.78. The molecule has 0 bridgehead atoms. The fourth-order valence-electron chi connectivity index (χ4n) is 1.87. The Morgan fingerprint density at radius 1 is 1.46 bits per heavy atom. The maximum absolute atomic E-state index is 5.65. The SMILES string of the molecule is IN1CCC(C2=NC3=CC3O2)CC1. The molecule has 1 saturated heterocycles. The summed E-state index contributed by atoms with van der Waals surface area (Å²) in [6, 6.07) is 0. The number of ether oxygens (including phenoxy) is 1. The van der Waals surface area contributed by atoms with Gasteiger partial charge in [-0.15, -0.1) is 0 Å². The van der Waals surface area contributed by atoms with Gasteiger partial charge >= 0.3 is 0 Å². The largest absolute Gasteiger partial charge is 0.466 e. The van der Waals surface area contributed by atoms with Gasteiger partial charge < -0.3 is 4.74 Å². The van der Waals surface area contributed by atoms with Gasteiger partial charge in [-0.2, -0.15) is 0 Å². The van der Waals surface area contributed by atoms with Crippen molar-refractivity contribution in [2.45, 2.75) is 18.9 Å². The van der Waals surface area contributed by atoms with E-state index in [1.54, 1.807) is 0 Å². The molecule has 2 aliphatic heterocycles. The molecule has 1 atom stereocenters. The Morgan fingerprint density at radius 3 is 2.85 bits per heavy atom. The molecule has 0 amide bonds. The van der Waals surface area contributed by atoms with Gasteiger partial charge in [-0.25, -0.2) is 8.11 Å². The molecule has 2 heterocycles. The van der Waals surface area contributed by atoms with Crippen molar-refractivity contribution in [3.05, 3.63) is 11.8 Å². The van der Waals surface area contributed by atoms with Crippen molar-refractivity contribution in [2.24, 2.45) is 10.9 Å². The molecule has 1 fully saturated rings. The van der Waals surface area contributed by atoms with Crippen molar-refractivity contribution in [3.63, 3.8) is 0 Å². The Kier molecular flexibility index (Phi) is 1.87. The predicted octanol–water partition coefficient (Wildman–Crippen LogP) is 1.74. The van der Waals surface area contributed by atoms with E-state index in [9.17, 15) is 0 Å². The topological polar surface area (TPSA) is 24.8 Å². The van der Waals surface area contributed by atoms with Crippen molar-refractivity contribution in [1.29, 1.82) is 0 Å². The van der Waals surface area contributed by atoms with Crippen LogP contribution in [-0.4, -0.2) is 28.2 Å². The molecular formula is C9H11IN2O. The van der Waals surface area contributed by atoms with Crippen LogP contribution in [0.25, 0.3) is 0 Å². The van der Waals surface area contributed by atoms with Crippen LogP contribution in [0.5, 0.6) is 0 Å². The molecule has 0 N–H and O–H groups in total. The fourth-order valence-corrected chi connectivity index (χ4v) is 2.43. The van der Waals surface area contributed by atoms with E-state index in [0.29, 0.717) is 5.92 Å². The van der Waals surface area contributed by atoms with Gasteiger partial charge in [0.25, 0.3) is 0 Å². The second kappa shape index (κ2) is 2.95. The summed E-state index contributed by atoms with van der Waals surface area (Å²) in [4.78, 5) is 4.45. The van der Waals surface area contributed by atoms with Gasteiger partial charge in [0.05, 0.1) is 5.70 Å². The summed E-state index contributed by atoms with van der Waals surface area (Å²) in [5.41, 5.74) is 1.16. The Balaban J connectivity index is 1.66. The molecule has 3 nitrogen and oxygen atoms in total. The van der Waals surface area contributed by atoms with E-state index < -0.39 is 0 Å². The molecule has 13 heavy (non-hydrogen) atoms. The van der Waals surface area contributed by atoms with E-state index in [1.807, 2.05) is 0 Å². The Hall–Kier alpha value is -0.100. The molecule has 0 aromatic carbocycles. The molecule has 1 unspecified atom stereocenters. The lowest BCUT2D eigenvalue weighted by molar-refractivity contribution is 0.269. The normalized spacial score (nSPS) is 33.5. The maximum atomic E-state index is 5.65. The first-order valence-corrected chi connectivity index (χ1v) is 5.67. The van der Waals surface area contributed by atoms with Crippen molar-refractivity contribution < 1.29 is 4.74 Å². The highest BCUT2D eigenvalue weighted by Gasteiger charge is 2.38. The van der Waals surface area contributed by atoms with Crippen LogP contribution in [0.4, 0.5) is 0 Å².